The average molecular weight is 301 g/mol. The Hall–Kier alpha value is -0.580. The number of hydrogen-bond donors (Lipinski definition) is 1. The van der Waals surface area contributed by atoms with Gasteiger partial charge in [-0.2, -0.15) is 5.06 Å². The first-order valence-electron chi connectivity index (χ1n) is 5.65. The molecule has 0 saturated carbocycles. The van der Waals surface area contributed by atoms with E-state index in [1.54, 1.807) is 7.11 Å². The van der Waals surface area contributed by atoms with Gasteiger partial charge >= 0.3 is 0 Å². The summed E-state index contributed by atoms with van der Waals surface area (Å²) in [5.41, 5.74) is 8.02. The van der Waals surface area contributed by atoms with Gasteiger partial charge in [0.2, 0.25) is 0 Å². The highest BCUT2D eigenvalue weighted by molar-refractivity contribution is 9.10. The van der Waals surface area contributed by atoms with Crippen LogP contribution in [0, 0.1) is 5.41 Å². The lowest BCUT2D eigenvalue weighted by atomic mass is 9.96. The fraction of sp³-hybridized carbons (Fsp3) is 0.538. The van der Waals surface area contributed by atoms with Crippen molar-refractivity contribution in [2.45, 2.75) is 27.3 Å². The van der Waals surface area contributed by atoms with E-state index in [2.05, 4.69) is 36.7 Å². The molecule has 0 spiro atoms. The van der Waals surface area contributed by atoms with Crippen LogP contribution in [0.25, 0.3) is 0 Å². The predicted octanol–water partition coefficient (Wildman–Crippen LogP) is 3.44. The van der Waals surface area contributed by atoms with Gasteiger partial charge in [-0.05, 0) is 17.5 Å². The first-order chi connectivity index (χ1) is 7.83. The number of hydroxylamine groups is 2. The summed E-state index contributed by atoms with van der Waals surface area (Å²) in [5, 5.41) is 1.93. The summed E-state index contributed by atoms with van der Waals surface area (Å²) in [7, 11) is 1.69. The van der Waals surface area contributed by atoms with Gasteiger partial charge in [0.15, 0.2) is 0 Å². The van der Waals surface area contributed by atoms with Crippen molar-refractivity contribution in [3.63, 3.8) is 0 Å². The Labute approximate surface area is 112 Å². The molecule has 0 atom stereocenters. The van der Waals surface area contributed by atoms with Crippen molar-refractivity contribution in [1.29, 1.82) is 0 Å². The third kappa shape index (κ3) is 4.66. The zero-order valence-electron chi connectivity index (χ0n) is 11.0. The number of benzene rings is 1. The van der Waals surface area contributed by atoms with Crippen molar-refractivity contribution >= 4 is 21.6 Å². The number of rotatable bonds is 4. The number of anilines is 1. The first kappa shape index (κ1) is 14.5. The van der Waals surface area contributed by atoms with E-state index in [-0.39, 0.29) is 5.41 Å². The van der Waals surface area contributed by atoms with E-state index in [0.29, 0.717) is 6.54 Å². The van der Waals surface area contributed by atoms with Crippen molar-refractivity contribution in [3.05, 3.63) is 28.2 Å². The Bertz CT molecular complexity index is 354. The molecule has 0 fully saturated rings. The Morgan fingerprint density at radius 3 is 2.47 bits per heavy atom. The number of halogens is 1. The summed E-state index contributed by atoms with van der Waals surface area (Å²) in [4.78, 5) is 5.40. The van der Waals surface area contributed by atoms with Crippen LogP contribution in [0.3, 0.4) is 0 Å². The second-order valence-electron chi connectivity index (χ2n) is 5.35. The number of hydrogen-bond acceptors (Lipinski definition) is 3. The highest BCUT2D eigenvalue weighted by Crippen LogP contribution is 2.25. The largest absolute Gasteiger partial charge is 0.398 e. The molecule has 0 saturated heterocycles. The predicted molar refractivity (Wildman–Crippen MR) is 75.4 cm³/mol. The molecule has 0 radical (unpaired) electrons. The molecule has 17 heavy (non-hydrogen) atoms. The van der Waals surface area contributed by atoms with E-state index in [1.807, 2.05) is 23.3 Å². The van der Waals surface area contributed by atoms with E-state index in [9.17, 15) is 0 Å². The molecule has 0 bridgehead atoms. The summed E-state index contributed by atoms with van der Waals surface area (Å²) in [6, 6.07) is 5.84. The van der Waals surface area contributed by atoms with E-state index in [1.165, 1.54) is 0 Å². The molecule has 3 nitrogen and oxygen atoms in total. The van der Waals surface area contributed by atoms with E-state index >= 15 is 0 Å². The molecule has 0 amide bonds. The van der Waals surface area contributed by atoms with Crippen molar-refractivity contribution in [3.8, 4) is 0 Å². The molecule has 0 aliphatic heterocycles. The second kappa shape index (κ2) is 5.85. The van der Waals surface area contributed by atoms with E-state index in [0.717, 1.165) is 22.3 Å². The summed E-state index contributed by atoms with van der Waals surface area (Å²) >= 11 is 3.52. The fourth-order valence-electron chi connectivity index (χ4n) is 1.63. The summed E-state index contributed by atoms with van der Waals surface area (Å²) in [6.45, 7) is 8.08. The van der Waals surface area contributed by atoms with Gasteiger partial charge < -0.3 is 10.6 Å². The van der Waals surface area contributed by atoms with Gasteiger partial charge in [0, 0.05) is 22.3 Å². The molecule has 0 aliphatic carbocycles. The van der Waals surface area contributed by atoms with Crippen molar-refractivity contribution in [2.24, 2.45) is 5.41 Å². The maximum atomic E-state index is 5.98. The topological polar surface area (TPSA) is 38.5 Å². The van der Waals surface area contributed by atoms with Crippen LogP contribution in [-0.4, -0.2) is 18.7 Å². The van der Waals surface area contributed by atoms with Crippen LogP contribution in [0.5, 0.6) is 0 Å². The zero-order chi connectivity index (χ0) is 13.1. The number of nitrogen functional groups attached to an aromatic ring is 1. The van der Waals surface area contributed by atoms with E-state index in [4.69, 9.17) is 10.6 Å². The molecule has 0 unspecified atom stereocenters. The van der Waals surface area contributed by atoms with Crippen LogP contribution in [0.2, 0.25) is 0 Å². The van der Waals surface area contributed by atoms with Gasteiger partial charge in [0.25, 0.3) is 0 Å². The maximum Gasteiger partial charge on any atom is 0.0575 e. The molecule has 0 aliphatic rings. The molecule has 1 rings (SSSR count). The minimum absolute atomic E-state index is 0.187. The van der Waals surface area contributed by atoms with Crippen LogP contribution in [-0.2, 0) is 11.4 Å². The first-order valence-corrected chi connectivity index (χ1v) is 6.45. The van der Waals surface area contributed by atoms with Crippen LogP contribution >= 0.6 is 15.9 Å². The quantitative estimate of drug-likeness (QED) is 0.684. The van der Waals surface area contributed by atoms with Gasteiger partial charge in [0.1, 0.15) is 0 Å². The smallest absolute Gasteiger partial charge is 0.0575 e. The molecule has 96 valence electrons. The van der Waals surface area contributed by atoms with Crippen molar-refractivity contribution in [1.82, 2.24) is 5.06 Å². The van der Waals surface area contributed by atoms with Gasteiger partial charge in [-0.1, -0.05) is 42.8 Å². The second-order valence-corrected chi connectivity index (χ2v) is 6.20. The number of nitrogens with two attached hydrogens (primary N) is 1. The van der Waals surface area contributed by atoms with Gasteiger partial charge in [-0.15, -0.1) is 0 Å². The normalized spacial score (nSPS) is 12.1. The zero-order valence-corrected chi connectivity index (χ0v) is 12.5. The fourth-order valence-corrected chi connectivity index (χ4v) is 2.14. The Kier molecular flexibility index (Phi) is 4.98. The molecule has 2 N–H and O–H groups in total. The Morgan fingerprint density at radius 2 is 2.00 bits per heavy atom. The van der Waals surface area contributed by atoms with Crippen LogP contribution < -0.4 is 5.73 Å². The molecule has 4 heteroatoms. The summed E-state index contributed by atoms with van der Waals surface area (Å²) < 4.78 is 1.02. The molecule has 1 aromatic carbocycles. The molecule has 0 aromatic heterocycles. The van der Waals surface area contributed by atoms with E-state index < -0.39 is 0 Å². The SMILES string of the molecule is CON(Cc1c(N)cccc1Br)CC(C)(C)C. The van der Waals surface area contributed by atoms with Crippen LogP contribution in [0.1, 0.15) is 26.3 Å². The Morgan fingerprint density at radius 1 is 1.35 bits per heavy atom. The molecular formula is C13H21BrN2O. The lowest BCUT2D eigenvalue weighted by Crippen LogP contribution is -2.31. The third-order valence-corrected chi connectivity index (χ3v) is 3.14. The minimum Gasteiger partial charge on any atom is -0.398 e. The van der Waals surface area contributed by atoms with Crippen LogP contribution in [0.4, 0.5) is 5.69 Å². The third-order valence-electron chi connectivity index (χ3n) is 2.40. The highest BCUT2D eigenvalue weighted by atomic mass is 79.9. The standard InChI is InChI=1S/C13H21BrN2O/c1-13(2,3)9-16(17-4)8-10-11(14)6-5-7-12(10)15/h5-7H,8-9,15H2,1-4H3. The van der Waals surface area contributed by atoms with Gasteiger partial charge in [-0.25, -0.2) is 0 Å². The Balaban J connectivity index is 2.81. The van der Waals surface area contributed by atoms with Crippen molar-refractivity contribution in [2.75, 3.05) is 19.4 Å². The number of nitrogens with zero attached hydrogens (tertiary/aromatic N) is 1. The highest BCUT2D eigenvalue weighted by Gasteiger charge is 2.18. The summed E-state index contributed by atoms with van der Waals surface area (Å²) in [5.74, 6) is 0. The lowest BCUT2D eigenvalue weighted by molar-refractivity contribution is -0.154. The monoisotopic (exact) mass is 300 g/mol. The van der Waals surface area contributed by atoms with Gasteiger partial charge in [-0.3, -0.25) is 0 Å². The molecular weight excluding hydrogens is 280 g/mol. The molecule has 1 aromatic rings. The average Bonchev–Trinajstić information content (AvgIpc) is 2.20. The summed E-state index contributed by atoms with van der Waals surface area (Å²) in [6.07, 6.45) is 0. The van der Waals surface area contributed by atoms with Gasteiger partial charge in [0.05, 0.1) is 13.7 Å². The lowest BCUT2D eigenvalue weighted by Gasteiger charge is -2.28. The maximum absolute atomic E-state index is 5.98. The van der Waals surface area contributed by atoms with Crippen LogP contribution in [0.15, 0.2) is 22.7 Å². The minimum atomic E-state index is 0.187. The van der Waals surface area contributed by atoms with Crippen molar-refractivity contribution < 1.29 is 4.84 Å². The molecule has 0 heterocycles.